The molecule has 0 bridgehead atoms. The van der Waals surface area contributed by atoms with Crippen LogP contribution in [0.5, 0.6) is 0 Å². The van der Waals surface area contributed by atoms with E-state index in [1.54, 1.807) is 0 Å². The molecule has 26 heavy (non-hydrogen) atoms. The Hall–Kier alpha value is -1.63. The third kappa shape index (κ3) is 4.37. The van der Waals surface area contributed by atoms with Crippen LogP contribution >= 0.6 is 0 Å². The highest BCUT2D eigenvalue weighted by molar-refractivity contribution is 6.52. The van der Waals surface area contributed by atoms with E-state index in [-0.39, 0.29) is 24.2 Å². The molecule has 140 valence electrons. The van der Waals surface area contributed by atoms with E-state index in [1.807, 2.05) is 68.9 Å². The predicted molar refractivity (Wildman–Crippen MR) is 103 cm³/mol. The summed E-state index contributed by atoms with van der Waals surface area (Å²) in [4.78, 5) is 14.3. The number of carbonyl (C=O) groups is 1. The highest BCUT2D eigenvalue weighted by Gasteiger charge is 2.49. The summed E-state index contributed by atoms with van der Waals surface area (Å²) in [5, 5.41) is 0. The van der Waals surface area contributed by atoms with Gasteiger partial charge in [0.1, 0.15) is 0 Å². The molecule has 2 heterocycles. The lowest BCUT2D eigenvalue weighted by molar-refractivity contribution is -0.134. The molecule has 5 nitrogen and oxygen atoms in total. The zero-order valence-corrected chi connectivity index (χ0v) is 16.2. The van der Waals surface area contributed by atoms with E-state index >= 15 is 0 Å². The van der Waals surface area contributed by atoms with Gasteiger partial charge >= 0.3 is 7.12 Å². The molecule has 0 unspecified atom stereocenters. The van der Waals surface area contributed by atoms with Crippen molar-refractivity contribution in [3.05, 3.63) is 41.4 Å². The number of ether oxygens (including phenoxy) is 1. The number of morpholine rings is 1. The molecule has 0 atom stereocenters. The molecule has 0 N–H and O–H groups in total. The fourth-order valence-electron chi connectivity index (χ4n) is 3.06. The maximum absolute atomic E-state index is 12.4. The first-order valence-electron chi connectivity index (χ1n) is 9.25. The average Bonchev–Trinajstić information content (AvgIpc) is 2.81. The lowest BCUT2D eigenvalue weighted by atomic mass is 9.89. The third-order valence-corrected chi connectivity index (χ3v) is 5.39. The minimum atomic E-state index is -0.362. The van der Waals surface area contributed by atoms with E-state index in [4.69, 9.17) is 14.0 Å². The van der Waals surface area contributed by atoms with E-state index in [1.165, 1.54) is 0 Å². The summed E-state index contributed by atoms with van der Waals surface area (Å²) >= 11 is 0. The lowest BCUT2D eigenvalue weighted by Crippen LogP contribution is -2.41. The van der Waals surface area contributed by atoms with Crippen LogP contribution in [0.25, 0.3) is 6.08 Å². The van der Waals surface area contributed by atoms with Crippen molar-refractivity contribution in [2.75, 3.05) is 26.3 Å². The molecular formula is C20H28BNO4. The average molecular weight is 357 g/mol. The second-order valence-corrected chi connectivity index (χ2v) is 7.90. The van der Waals surface area contributed by atoms with Crippen molar-refractivity contribution in [2.24, 2.45) is 0 Å². The third-order valence-electron chi connectivity index (χ3n) is 5.39. The van der Waals surface area contributed by atoms with Crippen molar-refractivity contribution in [1.29, 1.82) is 0 Å². The predicted octanol–water partition coefficient (Wildman–Crippen LogP) is 2.73. The maximum atomic E-state index is 12.4. The number of hydrogen-bond acceptors (Lipinski definition) is 4. The molecule has 1 aromatic rings. The van der Waals surface area contributed by atoms with Crippen LogP contribution in [0.3, 0.4) is 0 Å². The van der Waals surface area contributed by atoms with Gasteiger partial charge in [0, 0.05) is 13.1 Å². The van der Waals surface area contributed by atoms with E-state index in [2.05, 4.69) is 0 Å². The Labute approximate surface area is 156 Å². The number of hydrogen-bond donors (Lipinski definition) is 0. The molecule has 1 amide bonds. The molecule has 6 heteroatoms. The monoisotopic (exact) mass is 357 g/mol. The summed E-state index contributed by atoms with van der Waals surface area (Å²) in [6.07, 6.45) is 2.41. The maximum Gasteiger partial charge on any atom is 0.487 e. The summed E-state index contributed by atoms with van der Waals surface area (Å²) in [5.41, 5.74) is 1.37. The second kappa shape index (κ2) is 7.55. The summed E-state index contributed by atoms with van der Waals surface area (Å²) in [6.45, 7) is 10.8. The summed E-state index contributed by atoms with van der Waals surface area (Å²) in [7, 11) is -0.362. The number of carbonyl (C=O) groups excluding carboxylic acids is 1. The lowest BCUT2D eigenvalue weighted by Gasteiger charge is -2.32. The van der Waals surface area contributed by atoms with Crippen LogP contribution in [0.2, 0.25) is 0 Å². The Morgan fingerprint density at radius 2 is 1.81 bits per heavy atom. The minimum Gasteiger partial charge on any atom is -0.400 e. The topological polar surface area (TPSA) is 48.0 Å². The van der Waals surface area contributed by atoms with Gasteiger partial charge in [0.05, 0.1) is 30.8 Å². The van der Waals surface area contributed by atoms with E-state index in [9.17, 15) is 4.79 Å². The van der Waals surface area contributed by atoms with Crippen LogP contribution in [0.15, 0.2) is 30.2 Å². The Bertz CT molecular complexity index is 664. The molecule has 3 rings (SSSR count). The van der Waals surface area contributed by atoms with Gasteiger partial charge in [0.2, 0.25) is 5.91 Å². The number of rotatable bonds is 4. The van der Waals surface area contributed by atoms with E-state index in [0.29, 0.717) is 32.7 Å². The van der Waals surface area contributed by atoms with Crippen molar-refractivity contribution in [3.8, 4) is 0 Å². The molecule has 0 saturated carbocycles. The number of amides is 1. The summed E-state index contributed by atoms with van der Waals surface area (Å²) in [6, 6.07) is 8.03. The number of benzene rings is 1. The molecule has 1 aromatic carbocycles. The molecule has 2 aliphatic rings. The Kier molecular flexibility index (Phi) is 5.56. The van der Waals surface area contributed by atoms with Crippen LogP contribution in [-0.4, -0.2) is 55.4 Å². The van der Waals surface area contributed by atoms with Gasteiger partial charge in [-0.25, -0.2) is 0 Å². The number of nitrogens with zero attached hydrogens (tertiary/aromatic N) is 1. The van der Waals surface area contributed by atoms with E-state index in [0.717, 1.165) is 11.1 Å². The highest BCUT2D eigenvalue weighted by atomic mass is 16.7. The van der Waals surface area contributed by atoms with Crippen LogP contribution < -0.4 is 0 Å². The zero-order chi connectivity index (χ0) is 18.8. The van der Waals surface area contributed by atoms with Gasteiger partial charge in [0.25, 0.3) is 0 Å². The molecule has 2 saturated heterocycles. The SMILES string of the molecule is CC1(C)OB(/C=C/c2cccc(CC(=O)N3CCOCC3)c2)OC1(C)C. The second-order valence-electron chi connectivity index (χ2n) is 7.90. The smallest absolute Gasteiger partial charge is 0.400 e. The van der Waals surface area contributed by atoms with Gasteiger partial charge in [-0.1, -0.05) is 36.3 Å². The van der Waals surface area contributed by atoms with Crippen LogP contribution in [-0.2, 0) is 25.3 Å². The van der Waals surface area contributed by atoms with Gasteiger partial charge < -0.3 is 18.9 Å². The van der Waals surface area contributed by atoms with Crippen LogP contribution in [0.4, 0.5) is 0 Å². The van der Waals surface area contributed by atoms with Crippen molar-refractivity contribution in [1.82, 2.24) is 4.90 Å². The Balaban J connectivity index is 1.61. The molecule has 2 fully saturated rings. The van der Waals surface area contributed by atoms with Gasteiger partial charge in [-0.3, -0.25) is 4.79 Å². The molecule has 0 aliphatic carbocycles. The van der Waals surface area contributed by atoms with Crippen molar-refractivity contribution >= 4 is 19.1 Å². The fraction of sp³-hybridized carbons (Fsp3) is 0.550. The first-order valence-corrected chi connectivity index (χ1v) is 9.25. The first-order chi connectivity index (χ1) is 12.3. The van der Waals surface area contributed by atoms with Gasteiger partial charge in [-0.15, -0.1) is 0 Å². The Morgan fingerprint density at radius 3 is 2.46 bits per heavy atom. The molecular weight excluding hydrogens is 329 g/mol. The standard InChI is InChI=1S/C20H28BNO4/c1-19(2)20(3,4)26-21(25-19)9-8-16-6-5-7-17(14-16)15-18(23)22-10-12-24-13-11-22/h5-9,14H,10-13,15H2,1-4H3/b9-8+. The fourth-order valence-corrected chi connectivity index (χ4v) is 3.06. The largest absolute Gasteiger partial charge is 0.487 e. The van der Waals surface area contributed by atoms with Gasteiger partial charge in [0.15, 0.2) is 0 Å². The quantitative estimate of drug-likeness (QED) is 0.778. The van der Waals surface area contributed by atoms with Crippen LogP contribution in [0.1, 0.15) is 38.8 Å². The van der Waals surface area contributed by atoms with E-state index < -0.39 is 0 Å². The zero-order valence-electron chi connectivity index (χ0n) is 16.2. The highest BCUT2D eigenvalue weighted by Crippen LogP contribution is 2.37. The van der Waals surface area contributed by atoms with Gasteiger partial charge in [-0.2, -0.15) is 0 Å². The Morgan fingerprint density at radius 1 is 1.15 bits per heavy atom. The molecule has 0 spiro atoms. The van der Waals surface area contributed by atoms with Crippen molar-refractivity contribution < 1.29 is 18.8 Å². The molecule has 2 aliphatic heterocycles. The summed E-state index contributed by atoms with van der Waals surface area (Å²) in [5.74, 6) is 2.08. The van der Waals surface area contributed by atoms with Gasteiger partial charge in [-0.05, 0) is 38.8 Å². The first kappa shape index (κ1) is 19.1. The molecule has 0 aromatic heterocycles. The van der Waals surface area contributed by atoms with Crippen LogP contribution in [0, 0.1) is 0 Å². The van der Waals surface area contributed by atoms with Crippen molar-refractivity contribution in [3.63, 3.8) is 0 Å². The normalized spacial score (nSPS) is 22.2. The summed E-state index contributed by atoms with van der Waals surface area (Å²) < 4.78 is 17.3. The minimum absolute atomic E-state index is 0.153. The molecule has 0 radical (unpaired) electrons. The van der Waals surface area contributed by atoms with Crippen molar-refractivity contribution in [2.45, 2.75) is 45.3 Å².